The van der Waals surface area contributed by atoms with Crippen molar-refractivity contribution in [1.82, 2.24) is 4.98 Å². The molecule has 5 heteroatoms. The summed E-state index contributed by atoms with van der Waals surface area (Å²) in [6, 6.07) is 7.42. The van der Waals surface area contributed by atoms with Gasteiger partial charge in [-0.2, -0.15) is 0 Å². The molecular formula is C16H14N2O3. The molecule has 0 aliphatic carbocycles. The molecule has 0 radical (unpaired) electrons. The Bertz CT molecular complexity index is 800. The Morgan fingerprint density at radius 2 is 1.95 bits per heavy atom. The van der Waals surface area contributed by atoms with E-state index in [0.717, 1.165) is 11.3 Å². The van der Waals surface area contributed by atoms with Crippen LogP contribution in [0.4, 0.5) is 5.69 Å². The number of rotatable bonds is 2. The number of aryl methyl sites for hydroxylation is 1. The van der Waals surface area contributed by atoms with Crippen molar-refractivity contribution in [3.05, 3.63) is 52.3 Å². The van der Waals surface area contributed by atoms with Crippen LogP contribution < -0.4 is 5.32 Å². The van der Waals surface area contributed by atoms with Crippen LogP contribution in [0.15, 0.2) is 24.3 Å². The first-order chi connectivity index (χ1) is 9.99. The van der Waals surface area contributed by atoms with Gasteiger partial charge in [-0.15, -0.1) is 0 Å². The van der Waals surface area contributed by atoms with Gasteiger partial charge in [-0.3, -0.25) is 4.79 Å². The number of fused-ring (bicyclic) bond motifs is 1. The van der Waals surface area contributed by atoms with Crippen molar-refractivity contribution in [2.75, 3.05) is 5.32 Å². The second kappa shape index (κ2) is 4.63. The van der Waals surface area contributed by atoms with E-state index in [1.54, 1.807) is 19.9 Å². The molecular weight excluding hydrogens is 268 g/mol. The molecule has 0 saturated heterocycles. The van der Waals surface area contributed by atoms with E-state index in [0.29, 0.717) is 22.5 Å². The topological polar surface area (TPSA) is 82.2 Å². The molecule has 106 valence electrons. The van der Waals surface area contributed by atoms with Crippen molar-refractivity contribution < 1.29 is 14.7 Å². The minimum Gasteiger partial charge on any atom is -0.478 e. The summed E-state index contributed by atoms with van der Waals surface area (Å²) in [4.78, 5) is 26.3. The lowest BCUT2D eigenvalue weighted by Crippen LogP contribution is -2.03. The van der Waals surface area contributed by atoms with E-state index in [1.165, 1.54) is 0 Å². The largest absolute Gasteiger partial charge is 0.478 e. The zero-order valence-electron chi connectivity index (χ0n) is 11.7. The maximum atomic E-state index is 12.1. The number of carboxylic acids is 1. The summed E-state index contributed by atoms with van der Waals surface area (Å²) in [6.45, 7) is 3.44. The second-order valence-electron chi connectivity index (χ2n) is 5.03. The van der Waals surface area contributed by atoms with Crippen molar-refractivity contribution in [1.29, 1.82) is 0 Å². The highest BCUT2D eigenvalue weighted by atomic mass is 16.4. The van der Waals surface area contributed by atoms with Gasteiger partial charge in [-0.05, 0) is 31.6 Å². The molecule has 1 aromatic heterocycles. The van der Waals surface area contributed by atoms with Gasteiger partial charge in [-0.1, -0.05) is 18.2 Å². The number of anilines is 1. The third-order valence-corrected chi connectivity index (χ3v) is 3.69. The molecule has 0 saturated carbocycles. The number of aromatic amines is 1. The highest BCUT2D eigenvalue weighted by molar-refractivity contribution is 6.34. The van der Waals surface area contributed by atoms with Crippen LogP contribution in [0.5, 0.6) is 0 Å². The molecule has 1 aliphatic rings. The molecule has 0 unspecified atom stereocenters. The number of carboxylic acid groups (broad SMARTS) is 1. The Morgan fingerprint density at radius 3 is 2.62 bits per heavy atom. The highest BCUT2D eigenvalue weighted by Crippen LogP contribution is 2.33. The molecule has 1 aromatic carbocycles. The fourth-order valence-corrected chi connectivity index (χ4v) is 2.67. The fraction of sp³-hybridized carbons (Fsp3) is 0.125. The highest BCUT2D eigenvalue weighted by Gasteiger charge is 2.24. The summed E-state index contributed by atoms with van der Waals surface area (Å²) >= 11 is 0. The molecule has 3 N–H and O–H groups in total. The SMILES string of the molecule is Cc1[nH]c(/C=C2/C(=O)Nc3ccccc32)c(C)c1C(=O)O. The van der Waals surface area contributed by atoms with Crippen LogP contribution in [0.2, 0.25) is 0 Å². The number of hydrogen-bond donors (Lipinski definition) is 3. The van der Waals surface area contributed by atoms with E-state index < -0.39 is 5.97 Å². The second-order valence-corrected chi connectivity index (χ2v) is 5.03. The number of para-hydroxylation sites is 1. The fourth-order valence-electron chi connectivity index (χ4n) is 2.67. The summed E-state index contributed by atoms with van der Waals surface area (Å²) in [6.07, 6.45) is 1.70. The van der Waals surface area contributed by atoms with Crippen LogP contribution in [0.1, 0.15) is 32.9 Å². The van der Waals surface area contributed by atoms with E-state index in [2.05, 4.69) is 10.3 Å². The van der Waals surface area contributed by atoms with Crippen LogP contribution in [0, 0.1) is 13.8 Å². The van der Waals surface area contributed by atoms with E-state index >= 15 is 0 Å². The van der Waals surface area contributed by atoms with Gasteiger partial charge in [0.05, 0.1) is 11.1 Å². The number of benzene rings is 1. The molecule has 21 heavy (non-hydrogen) atoms. The van der Waals surface area contributed by atoms with Crippen LogP contribution >= 0.6 is 0 Å². The van der Waals surface area contributed by atoms with Gasteiger partial charge in [-0.25, -0.2) is 4.79 Å². The monoisotopic (exact) mass is 282 g/mol. The van der Waals surface area contributed by atoms with Crippen molar-refractivity contribution in [3.8, 4) is 0 Å². The van der Waals surface area contributed by atoms with Gasteiger partial charge >= 0.3 is 5.97 Å². The number of aromatic nitrogens is 1. The number of H-pyrrole nitrogens is 1. The van der Waals surface area contributed by atoms with Gasteiger partial charge in [0.15, 0.2) is 0 Å². The first-order valence-corrected chi connectivity index (χ1v) is 6.54. The normalized spacial score (nSPS) is 15.1. The lowest BCUT2D eigenvalue weighted by molar-refractivity contribution is -0.110. The van der Waals surface area contributed by atoms with E-state index in [9.17, 15) is 14.7 Å². The van der Waals surface area contributed by atoms with E-state index in [4.69, 9.17) is 0 Å². The van der Waals surface area contributed by atoms with E-state index in [-0.39, 0.29) is 11.5 Å². The number of carbonyl (C=O) groups excluding carboxylic acids is 1. The average Bonchev–Trinajstić information content (AvgIpc) is 2.88. The molecule has 0 spiro atoms. The first kappa shape index (κ1) is 13.2. The van der Waals surface area contributed by atoms with Gasteiger partial charge in [0, 0.05) is 22.6 Å². The third-order valence-electron chi connectivity index (χ3n) is 3.69. The Balaban J connectivity index is 2.14. The minimum absolute atomic E-state index is 0.181. The Hall–Kier alpha value is -2.82. The molecule has 3 rings (SSSR count). The molecule has 1 amide bonds. The first-order valence-electron chi connectivity index (χ1n) is 6.54. The Labute approximate surface area is 121 Å². The number of nitrogens with one attached hydrogen (secondary N) is 2. The van der Waals surface area contributed by atoms with Crippen molar-refractivity contribution >= 4 is 29.2 Å². The van der Waals surface area contributed by atoms with Crippen LogP contribution in [0.3, 0.4) is 0 Å². The summed E-state index contributed by atoms with van der Waals surface area (Å²) in [5, 5.41) is 12.0. The van der Waals surface area contributed by atoms with E-state index in [1.807, 2.05) is 24.3 Å². The summed E-state index contributed by atoms with van der Waals surface area (Å²) < 4.78 is 0. The summed E-state index contributed by atoms with van der Waals surface area (Å²) in [7, 11) is 0. The molecule has 1 aliphatic heterocycles. The lowest BCUT2D eigenvalue weighted by Gasteiger charge is -1.98. The number of carbonyl (C=O) groups is 2. The molecule has 0 bridgehead atoms. The zero-order valence-corrected chi connectivity index (χ0v) is 11.7. The standard InChI is InChI=1S/C16H14N2O3/c1-8-13(17-9(2)14(8)16(20)21)7-11-10-5-3-4-6-12(10)18-15(11)19/h3-7,17H,1-2H3,(H,18,19)(H,20,21)/b11-7+. The minimum atomic E-state index is -0.970. The Morgan fingerprint density at radius 1 is 1.24 bits per heavy atom. The quantitative estimate of drug-likeness (QED) is 0.741. The van der Waals surface area contributed by atoms with Crippen molar-refractivity contribution in [2.45, 2.75) is 13.8 Å². The van der Waals surface area contributed by atoms with Gasteiger partial charge in [0.25, 0.3) is 5.91 Å². The molecule has 2 heterocycles. The van der Waals surface area contributed by atoms with Crippen LogP contribution in [-0.4, -0.2) is 22.0 Å². The Kier molecular flexibility index (Phi) is 2.90. The number of hydrogen-bond acceptors (Lipinski definition) is 2. The smallest absolute Gasteiger partial charge is 0.337 e. The zero-order chi connectivity index (χ0) is 15.1. The maximum Gasteiger partial charge on any atom is 0.337 e. The maximum absolute atomic E-state index is 12.1. The predicted octanol–water partition coefficient (Wildman–Crippen LogP) is 2.82. The molecule has 5 nitrogen and oxygen atoms in total. The third kappa shape index (κ3) is 2.03. The van der Waals surface area contributed by atoms with Gasteiger partial charge < -0.3 is 15.4 Å². The van der Waals surface area contributed by atoms with Crippen molar-refractivity contribution in [3.63, 3.8) is 0 Å². The number of aromatic carboxylic acids is 1. The summed E-state index contributed by atoms with van der Waals surface area (Å²) in [5.74, 6) is -1.15. The van der Waals surface area contributed by atoms with Gasteiger partial charge in [0.2, 0.25) is 0 Å². The van der Waals surface area contributed by atoms with Crippen LogP contribution in [0.25, 0.3) is 11.6 Å². The summed E-state index contributed by atoms with van der Waals surface area (Å²) in [5.41, 5.74) is 4.24. The van der Waals surface area contributed by atoms with Crippen LogP contribution in [-0.2, 0) is 4.79 Å². The average molecular weight is 282 g/mol. The molecule has 0 atom stereocenters. The predicted molar refractivity (Wildman–Crippen MR) is 80.2 cm³/mol. The lowest BCUT2D eigenvalue weighted by atomic mass is 10.0. The molecule has 2 aromatic rings. The molecule has 0 fully saturated rings. The number of amides is 1. The van der Waals surface area contributed by atoms with Crippen molar-refractivity contribution in [2.24, 2.45) is 0 Å². The van der Waals surface area contributed by atoms with Gasteiger partial charge in [0.1, 0.15) is 0 Å².